The van der Waals surface area contributed by atoms with Crippen molar-refractivity contribution in [3.63, 3.8) is 0 Å². The second-order valence-electron chi connectivity index (χ2n) is 6.04. The number of primary amides is 1. The van der Waals surface area contributed by atoms with Crippen molar-refractivity contribution in [3.05, 3.63) is 42.6 Å². The highest BCUT2D eigenvalue weighted by atomic mass is 16.2. The van der Waals surface area contributed by atoms with Gasteiger partial charge in [0.15, 0.2) is 5.82 Å². The van der Waals surface area contributed by atoms with Crippen molar-refractivity contribution in [2.75, 3.05) is 18.4 Å². The molecule has 0 aliphatic carbocycles. The number of hydrogen-bond acceptors (Lipinski definition) is 3. The molecular formula is C17H21N5O2. The normalized spacial score (nSPS) is 17.5. The summed E-state index contributed by atoms with van der Waals surface area (Å²) in [4.78, 5) is 25.2. The SMILES string of the molecule is NC(=O)C[C@H]1CCCN(C(=O)Nc2ccn(-c3ccccc3)n2)C1. The van der Waals surface area contributed by atoms with Gasteiger partial charge in [-0.2, -0.15) is 0 Å². The fourth-order valence-corrected chi connectivity index (χ4v) is 3.00. The van der Waals surface area contributed by atoms with Gasteiger partial charge in [-0.05, 0) is 30.9 Å². The van der Waals surface area contributed by atoms with Crippen LogP contribution in [0.25, 0.3) is 5.69 Å². The van der Waals surface area contributed by atoms with E-state index in [0.717, 1.165) is 18.5 Å². The first-order chi connectivity index (χ1) is 11.6. The topological polar surface area (TPSA) is 93.3 Å². The molecule has 1 aromatic carbocycles. The van der Waals surface area contributed by atoms with Crippen LogP contribution in [0.15, 0.2) is 42.6 Å². The number of nitrogens with one attached hydrogen (secondary N) is 1. The zero-order valence-electron chi connectivity index (χ0n) is 13.4. The van der Waals surface area contributed by atoms with E-state index in [0.29, 0.717) is 25.3 Å². The fraction of sp³-hybridized carbons (Fsp3) is 0.353. The summed E-state index contributed by atoms with van der Waals surface area (Å²) in [5.74, 6) is 0.327. The molecule has 24 heavy (non-hydrogen) atoms. The predicted molar refractivity (Wildman–Crippen MR) is 90.7 cm³/mol. The number of benzene rings is 1. The lowest BCUT2D eigenvalue weighted by Gasteiger charge is -2.32. The molecule has 0 radical (unpaired) electrons. The van der Waals surface area contributed by atoms with E-state index in [2.05, 4.69) is 10.4 Å². The molecule has 0 unspecified atom stereocenters. The highest BCUT2D eigenvalue weighted by molar-refractivity contribution is 5.88. The Kier molecular flexibility index (Phi) is 4.79. The van der Waals surface area contributed by atoms with Gasteiger partial charge in [0.1, 0.15) is 0 Å². The number of nitrogens with two attached hydrogens (primary N) is 1. The number of amides is 3. The summed E-state index contributed by atoms with van der Waals surface area (Å²) in [6.45, 7) is 1.23. The highest BCUT2D eigenvalue weighted by Gasteiger charge is 2.25. The van der Waals surface area contributed by atoms with Gasteiger partial charge in [-0.3, -0.25) is 10.1 Å². The van der Waals surface area contributed by atoms with Crippen LogP contribution >= 0.6 is 0 Å². The van der Waals surface area contributed by atoms with Gasteiger partial charge in [-0.25, -0.2) is 9.48 Å². The van der Waals surface area contributed by atoms with Gasteiger partial charge in [0.05, 0.1) is 5.69 Å². The lowest BCUT2D eigenvalue weighted by atomic mass is 9.95. The molecule has 1 aliphatic rings. The van der Waals surface area contributed by atoms with Crippen LogP contribution in [0.1, 0.15) is 19.3 Å². The van der Waals surface area contributed by atoms with Gasteiger partial charge in [0.2, 0.25) is 5.91 Å². The smallest absolute Gasteiger partial charge is 0.323 e. The maximum Gasteiger partial charge on any atom is 0.323 e. The van der Waals surface area contributed by atoms with Crippen LogP contribution < -0.4 is 11.1 Å². The van der Waals surface area contributed by atoms with Crippen molar-refractivity contribution in [2.45, 2.75) is 19.3 Å². The molecule has 3 amide bonds. The summed E-state index contributed by atoms with van der Waals surface area (Å²) in [7, 11) is 0. The Labute approximate surface area is 140 Å². The number of piperidine rings is 1. The van der Waals surface area contributed by atoms with Crippen molar-refractivity contribution in [1.29, 1.82) is 0 Å². The molecule has 7 heteroatoms. The average Bonchev–Trinajstić information content (AvgIpc) is 3.04. The van der Waals surface area contributed by atoms with E-state index in [1.807, 2.05) is 30.3 Å². The lowest BCUT2D eigenvalue weighted by Crippen LogP contribution is -2.43. The van der Waals surface area contributed by atoms with Gasteiger partial charge in [0.25, 0.3) is 0 Å². The number of para-hydroxylation sites is 1. The van der Waals surface area contributed by atoms with Gasteiger partial charge in [-0.15, -0.1) is 5.10 Å². The second-order valence-corrected chi connectivity index (χ2v) is 6.04. The van der Waals surface area contributed by atoms with Crippen LogP contribution in [-0.2, 0) is 4.79 Å². The fourth-order valence-electron chi connectivity index (χ4n) is 3.00. The molecule has 3 N–H and O–H groups in total. The van der Waals surface area contributed by atoms with Crippen molar-refractivity contribution in [1.82, 2.24) is 14.7 Å². The summed E-state index contributed by atoms with van der Waals surface area (Å²) < 4.78 is 1.71. The standard InChI is InChI=1S/C17H21N5O2/c18-15(23)11-13-5-4-9-21(12-13)17(24)19-16-8-10-22(20-16)14-6-2-1-3-7-14/h1-3,6-8,10,13H,4-5,9,11-12H2,(H2,18,23)(H,19,20,24)/t13-/m1/s1. The number of likely N-dealkylation sites (tertiary alicyclic amines) is 1. The first-order valence-corrected chi connectivity index (χ1v) is 8.07. The van der Waals surface area contributed by atoms with Crippen molar-refractivity contribution >= 4 is 17.8 Å². The third kappa shape index (κ3) is 3.92. The van der Waals surface area contributed by atoms with E-state index >= 15 is 0 Å². The molecule has 0 saturated carbocycles. The van der Waals surface area contributed by atoms with E-state index in [4.69, 9.17) is 5.73 Å². The van der Waals surface area contributed by atoms with E-state index in [-0.39, 0.29) is 17.9 Å². The Morgan fingerprint density at radius 1 is 1.25 bits per heavy atom. The lowest BCUT2D eigenvalue weighted by molar-refractivity contribution is -0.119. The zero-order valence-corrected chi connectivity index (χ0v) is 13.4. The van der Waals surface area contributed by atoms with E-state index in [1.54, 1.807) is 21.8 Å². The van der Waals surface area contributed by atoms with Gasteiger partial charge < -0.3 is 10.6 Å². The van der Waals surface area contributed by atoms with Crippen molar-refractivity contribution < 1.29 is 9.59 Å². The van der Waals surface area contributed by atoms with Crippen LogP contribution in [0, 0.1) is 5.92 Å². The minimum atomic E-state index is -0.316. The Balaban J connectivity index is 1.61. The number of carbonyl (C=O) groups is 2. The number of rotatable bonds is 4. The molecule has 1 atom stereocenters. The molecule has 0 spiro atoms. The Hall–Kier alpha value is -2.83. The van der Waals surface area contributed by atoms with Gasteiger partial charge in [0, 0.05) is 31.8 Å². The largest absolute Gasteiger partial charge is 0.370 e. The second kappa shape index (κ2) is 7.16. The molecule has 7 nitrogen and oxygen atoms in total. The van der Waals surface area contributed by atoms with Crippen LogP contribution in [0.4, 0.5) is 10.6 Å². The molecule has 2 heterocycles. The van der Waals surface area contributed by atoms with Crippen molar-refractivity contribution in [2.24, 2.45) is 11.7 Å². The van der Waals surface area contributed by atoms with Crippen molar-refractivity contribution in [3.8, 4) is 5.69 Å². The van der Waals surface area contributed by atoms with E-state index < -0.39 is 0 Å². The van der Waals surface area contributed by atoms with Gasteiger partial charge in [-0.1, -0.05) is 18.2 Å². The molecule has 0 bridgehead atoms. The summed E-state index contributed by atoms with van der Waals surface area (Å²) in [5.41, 5.74) is 6.18. The molecule has 1 aliphatic heterocycles. The summed E-state index contributed by atoms with van der Waals surface area (Å²) in [6, 6.07) is 11.3. The maximum atomic E-state index is 12.4. The molecule has 126 valence electrons. The highest BCUT2D eigenvalue weighted by Crippen LogP contribution is 2.20. The van der Waals surface area contributed by atoms with Crippen LogP contribution in [0.5, 0.6) is 0 Å². The Bertz CT molecular complexity index is 713. The third-order valence-corrected chi connectivity index (χ3v) is 4.14. The van der Waals surface area contributed by atoms with E-state index in [9.17, 15) is 9.59 Å². The third-order valence-electron chi connectivity index (χ3n) is 4.14. The molecule has 1 fully saturated rings. The van der Waals surface area contributed by atoms with Crippen LogP contribution in [0.2, 0.25) is 0 Å². The molecule has 2 aromatic rings. The Morgan fingerprint density at radius 2 is 2.04 bits per heavy atom. The molecule has 1 saturated heterocycles. The number of urea groups is 1. The number of carbonyl (C=O) groups excluding carboxylic acids is 2. The minimum absolute atomic E-state index is 0.142. The molecule has 3 rings (SSSR count). The van der Waals surface area contributed by atoms with E-state index in [1.165, 1.54) is 0 Å². The average molecular weight is 327 g/mol. The summed E-state index contributed by atoms with van der Waals surface area (Å²) in [6.07, 6.45) is 3.93. The van der Waals surface area contributed by atoms with Gasteiger partial charge >= 0.3 is 6.03 Å². The predicted octanol–water partition coefficient (Wildman–Crippen LogP) is 1.99. The van der Waals surface area contributed by atoms with Crippen LogP contribution in [-0.4, -0.2) is 39.7 Å². The zero-order chi connectivity index (χ0) is 16.9. The first-order valence-electron chi connectivity index (χ1n) is 8.07. The number of anilines is 1. The summed E-state index contributed by atoms with van der Waals surface area (Å²) in [5, 5.41) is 7.18. The maximum absolute atomic E-state index is 12.4. The molecular weight excluding hydrogens is 306 g/mol. The monoisotopic (exact) mass is 327 g/mol. The van der Waals surface area contributed by atoms with Crippen LogP contribution in [0.3, 0.4) is 0 Å². The Morgan fingerprint density at radius 3 is 2.79 bits per heavy atom. The summed E-state index contributed by atoms with van der Waals surface area (Å²) >= 11 is 0. The number of nitrogens with zero attached hydrogens (tertiary/aromatic N) is 3. The number of hydrogen-bond donors (Lipinski definition) is 2. The molecule has 1 aromatic heterocycles. The minimum Gasteiger partial charge on any atom is -0.370 e. The first kappa shape index (κ1) is 16.0. The quantitative estimate of drug-likeness (QED) is 0.899. The number of aromatic nitrogens is 2.